The molecule has 0 saturated carbocycles. The molecule has 1 atom stereocenters. The van der Waals surface area contributed by atoms with Crippen LogP contribution in [0.2, 0.25) is 0 Å². The van der Waals surface area contributed by atoms with E-state index < -0.39 is 6.04 Å². The average molecular weight is 331 g/mol. The van der Waals surface area contributed by atoms with Crippen molar-refractivity contribution in [3.8, 4) is 0 Å². The lowest BCUT2D eigenvalue weighted by atomic mass is 9.95. The molecular weight excluding hydrogens is 309 g/mol. The van der Waals surface area contributed by atoms with Crippen LogP contribution in [0.25, 0.3) is 0 Å². The molecular formula is C17H22FN5O. The lowest BCUT2D eigenvalue weighted by molar-refractivity contribution is -0.137. The van der Waals surface area contributed by atoms with Crippen LogP contribution < -0.4 is 0 Å². The summed E-state index contributed by atoms with van der Waals surface area (Å²) in [5.41, 5.74) is 0.809. The van der Waals surface area contributed by atoms with Crippen LogP contribution in [0.4, 0.5) is 4.39 Å². The zero-order valence-electron chi connectivity index (χ0n) is 13.9. The maximum Gasteiger partial charge on any atom is 0.244 e. The Labute approximate surface area is 140 Å². The van der Waals surface area contributed by atoms with E-state index in [0.29, 0.717) is 19.0 Å². The van der Waals surface area contributed by atoms with Crippen LogP contribution in [0.5, 0.6) is 0 Å². The summed E-state index contributed by atoms with van der Waals surface area (Å²) in [6, 6.07) is 5.76. The maximum atomic E-state index is 13.2. The second-order valence-corrected chi connectivity index (χ2v) is 6.39. The minimum absolute atomic E-state index is 0.0580. The summed E-state index contributed by atoms with van der Waals surface area (Å²) in [7, 11) is 3.74. The van der Waals surface area contributed by atoms with E-state index in [-0.39, 0.29) is 11.7 Å². The van der Waals surface area contributed by atoms with E-state index in [0.717, 1.165) is 24.2 Å². The van der Waals surface area contributed by atoms with E-state index in [1.165, 1.54) is 18.5 Å². The van der Waals surface area contributed by atoms with Crippen LogP contribution in [0.15, 0.2) is 30.6 Å². The molecule has 1 aliphatic rings. The van der Waals surface area contributed by atoms with Crippen molar-refractivity contribution in [1.82, 2.24) is 25.0 Å². The third kappa shape index (κ3) is 3.46. The predicted octanol–water partition coefficient (Wildman–Crippen LogP) is 1.95. The number of amides is 1. The van der Waals surface area contributed by atoms with Gasteiger partial charge in [-0.3, -0.25) is 14.8 Å². The van der Waals surface area contributed by atoms with E-state index in [9.17, 15) is 9.18 Å². The summed E-state index contributed by atoms with van der Waals surface area (Å²) < 4.78 is 13.2. The number of likely N-dealkylation sites (tertiary alicyclic amines) is 1. The van der Waals surface area contributed by atoms with Crippen molar-refractivity contribution in [2.45, 2.75) is 24.8 Å². The lowest BCUT2D eigenvalue weighted by Crippen LogP contribution is -2.44. The number of nitrogens with one attached hydrogen (secondary N) is 1. The molecule has 7 heteroatoms. The maximum absolute atomic E-state index is 13.2. The van der Waals surface area contributed by atoms with Gasteiger partial charge in [0.05, 0.1) is 0 Å². The Kier molecular flexibility index (Phi) is 4.89. The highest BCUT2D eigenvalue weighted by Gasteiger charge is 2.31. The van der Waals surface area contributed by atoms with Gasteiger partial charge in [-0.1, -0.05) is 12.1 Å². The second-order valence-electron chi connectivity index (χ2n) is 6.39. The number of aromatic nitrogens is 3. The van der Waals surface area contributed by atoms with Crippen molar-refractivity contribution in [2.24, 2.45) is 0 Å². The van der Waals surface area contributed by atoms with E-state index in [1.807, 2.05) is 23.9 Å². The van der Waals surface area contributed by atoms with Gasteiger partial charge in [0.1, 0.15) is 24.0 Å². The van der Waals surface area contributed by atoms with Crippen molar-refractivity contribution >= 4 is 5.91 Å². The molecule has 2 heterocycles. The molecule has 0 bridgehead atoms. The molecule has 1 aliphatic heterocycles. The van der Waals surface area contributed by atoms with Gasteiger partial charge in [-0.15, -0.1) is 0 Å². The summed E-state index contributed by atoms with van der Waals surface area (Å²) in [6.07, 6.45) is 3.25. The highest BCUT2D eigenvalue weighted by molar-refractivity contribution is 5.83. The van der Waals surface area contributed by atoms with Crippen LogP contribution in [0.1, 0.15) is 36.2 Å². The first-order valence-corrected chi connectivity index (χ1v) is 8.12. The Morgan fingerprint density at radius 3 is 2.50 bits per heavy atom. The number of carbonyl (C=O) groups is 1. The van der Waals surface area contributed by atoms with E-state index in [4.69, 9.17) is 0 Å². The molecule has 3 rings (SSSR count). The fourth-order valence-corrected chi connectivity index (χ4v) is 3.26. The monoisotopic (exact) mass is 331 g/mol. The normalized spacial score (nSPS) is 17.2. The topological polar surface area (TPSA) is 65.1 Å². The second kappa shape index (κ2) is 7.09. The summed E-state index contributed by atoms with van der Waals surface area (Å²) >= 11 is 0. The lowest BCUT2D eigenvalue weighted by Gasteiger charge is -2.35. The first-order chi connectivity index (χ1) is 11.6. The van der Waals surface area contributed by atoms with Crippen molar-refractivity contribution < 1.29 is 9.18 Å². The van der Waals surface area contributed by atoms with E-state index in [1.54, 1.807) is 12.1 Å². The molecule has 1 saturated heterocycles. The number of nitrogens with zero attached hydrogens (tertiary/aromatic N) is 4. The molecule has 1 amide bonds. The largest absolute Gasteiger partial charge is 0.341 e. The summed E-state index contributed by atoms with van der Waals surface area (Å²) in [5, 5.41) is 6.81. The number of halogens is 1. The summed E-state index contributed by atoms with van der Waals surface area (Å²) in [5.74, 6) is 0.976. The van der Waals surface area contributed by atoms with Gasteiger partial charge in [-0.05, 0) is 44.6 Å². The number of likely N-dealkylation sites (N-methyl/N-ethyl adjacent to an activating group) is 1. The quantitative estimate of drug-likeness (QED) is 0.930. The minimum Gasteiger partial charge on any atom is -0.341 e. The van der Waals surface area contributed by atoms with Crippen molar-refractivity contribution in [3.05, 3.63) is 47.8 Å². The van der Waals surface area contributed by atoms with Gasteiger partial charge in [0.15, 0.2) is 0 Å². The van der Waals surface area contributed by atoms with Crippen LogP contribution in [-0.4, -0.2) is 58.1 Å². The third-order valence-electron chi connectivity index (χ3n) is 4.56. The van der Waals surface area contributed by atoms with Gasteiger partial charge in [0, 0.05) is 19.0 Å². The molecule has 6 nitrogen and oxygen atoms in total. The smallest absolute Gasteiger partial charge is 0.244 e. The standard InChI is InChI=1S/C17H22FN5O/c1-22(2)15(12-3-5-14(18)6-4-12)17(24)23-9-7-13(8-10-23)16-19-11-20-21-16/h3-6,11,13,15H,7-10H2,1-2H3,(H,19,20,21)/t15-/m1/s1. The van der Waals surface area contributed by atoms with Crippen LogP contribution in [0.3, 0.4) is 0 Å². The summed E-state index contributed by atoms with van der Waals surface area (Å²) in [6.45, 7) is 1.38. The van der Waals surface area contributed by atoms with Gasteiger partial charge >= 0.3 is 0 Å². The highest BCUT2D eigenvalue weighted by atomic mass is 19.1. The molecule has 1 fully saturated rings. The van der Waals surface area contributed by atoms with E-state index >= 15 is 0 Å². The van der Waals surface area contributed by atoms with Crippen molar-refractivity contribution in [2.75, 3.05) is 27.2 Å². The Bertz CT molecular complexity index is 663. The molecule has 128 valence electrons. The number of piperidine rings is 1. The summed E-state index contributed by atoms with van der Waals surface area (Å²) in [4.78, 5) is 21.0. The molecule has 1 aromatic carbocycles. The number of carbonyl (C=O) groups excluding carboxylic acids is 1. The molecule has 0 radical (unpaired) electrons. The molecule has 24 heavy (non-hydrogen) atoms. The van der Waals surface area contributed by atoms with Crippen molar-refractivity contribution in [3.63, 3.8) is 0 Å². The molecule has 1 N–H and O–H groups in total. The molecule has 1 aromatic heterocycles. The third-order valence-corrected chi connectivity index (χ3v) is 4.56. The zero-order chi connectivity index (χ0) is 17.1. The Hall–Kier alpha value is -2.28. The number of benzene rings is 1. The van der Waals surface area contributed by atoms with Crippen LogP contribution in [0, 0.1) is 5.82 Å². The fourth-order valence-electron chi connectivity index (χ4n) is 3.26. The molecule has 0 spiro atoms. The zero-order valence-corrected chi connectivity index (χ0v) is 13.9. The predicted molar refractivity (Wildman–Crippen MR) is 87.8 cm³/mol. The average Bonchev–Trinajstić information content (AvgIpc) is 3.11. The van der Waals surface area contributed by atoms with E-state index in [2.05, 4.69) is 15.2 Å². The number of hydrogen-bond donors (Lipinski definition) is 1. The van der Waals surface area contributed by atoms with Crippen LogP contribution in [-0.2, 0) is 4.79 Å². The van der Waals surface area contributed by atoms with Gasteiger partial charge in [0.25, 0.3) is 0 Å². The number of rotatable bonds is 4. The fraction of sp³-hybridized carbons (Fsp3) is 0.471. The Morgan fingerprint density at radius 1 is 1.29 bits per heavy atom. The molecule has 0 unspecified atom stereocenters. The van der Waals surface area contributed by atoms with Gasteiger partial charge in [0.2, 0.25) is 5.91 Å². The number of hydrogen-bond acceptors (Lipinski definition) is 4. The first-order valence-electron chi connectivity index (χ1n) is 8.12. The number of aromatic amines is 1. The minimum atomic E-state index is -0.396. The molecule has 0 aliphatic carbocycles. The Balaban J connectivity index is 1.69. The van der Waals surface area contributed by atoms with Gasteiger partial charge in [-0.25, -0.2) is 9.37 Å². The first kappa shape index (κ1) is 16.6. The van der Waals surface area contributed by atoms with Crippen molar-refractivity contribution in [1.29, 1.82) is 0 Å². The highest BCUT2D eigenvalue weighted by Crippen LogP contribution is 2.28. The van der Waals surface area contributed by atoms with Gasteiger partial charge in [-0.2, -0.15) is 5.10 Å². The Morgan fingerprint density at radius 2 is 1.96 bits per heavy atom. The SMILES string of the molecule is CN(C)[C@@H](C(=O)N1CCC(c2ncn[nH]2)CC1)c1ccc(F)cc1. The van der Waals surface area contributed by atoms with Gasteiger partial charge < -0.3 is 4.90 Å². The van der Waals surface area contributed by atoms with Crippen LogP contribution >= 0.6 is 0 Å². The number of H-pyrrole nitrogens is 1. The molecule has 2 aromatic rings.